The molecule has 3 rings (SSSR count). The van der Waals surface area contributed by atoms with Crippen molar-refractivity contribution in [2.75, 3.05) is 38.0 Å². The van der Waals surface area contributed by atoms with Gasteiger partial charge in [0, 0.05) is 38.4 Å². The highest BCUT2D eigenvalue weighted by molar-refractivity contribution is 6.31. The van der Waals surface area contributed by atoms with Crippen LogP contribution in [0.2, 0.25) is 5.02 Å². The number of rotatable bonds is 3. The molecule has 2 heterocycles. The number of likely N-dealkylation sites (tertiary alicyclic amines) is 1. The predicted octanol–water partition coefficient (Wildman–Crippen LogP) is 4.71. The topological polar surface area (TPSA) is 44.8 Å². The Morgan fingerprint density at radius 1 is 1.21 bits per heavy atom. The summed E-state index contributed by atoms with van der Waals surface area (Å²) in [7, 11) is 0. The zero-order valence-corrected chi connectivity index (χ0v) is 17.4. The molecule has 9 heteroatoms. The summed E-state index contributed by atoms with van der Waals surface area (Å²) in [6, 6.07) is 3.01. The van der Waals surface area contributed by atoms with E-state index >= 15 is 0 Å². The van der Waals surface area contributed by atoms with Crippen LogP contribution in [-0.4, -0.2) is 60.8 Å². The summed E-state index contributed by atoms with van der Waals surface area (Å²) in [5.41, 5.74) is -0.866. The number of halogens is 4. The highest BCUT2D eigenvalue weighted by atomic mass is 35.5. The molecule has 2 atom stereocenters. The second-order valence-electron chi connectivity index (χ2n) is 8.03. The summed E-state index contributed by atoms with van der Waals surface area (Å²) in [4.78, 5) is 16.5. The van der Waals surface area contributed by atoms with Gasteiger partial charge in [-0.2, -0.15) is 13.2 Å². The van der Waals surface area contributed by atoms with Crippen LogP contribution in [0.5, 0.6) is 0 Å². The first-order valence-electron chi connectivity index (χ1n) is 9.92. The molecule has 0 spiro atoms. The van der Waals surface area contributed by atoms with E-state index in [1.54, 1.807) is 4.90 Å². The van der Waals surface area contributed by atoms with E-state index in [2.05, 4.69) is 24.1 Å². The lowest BCUT2D eigenvalue weighted by Gasteiger charge is -2.39. The Labute approximate surface area is 174 Å². The van der Waals surface area contributed by atoms with Crippen molar-refractivity contribution in [3.8, 4) is 0 Å². The normalized spacial score (nSPS) is 24.6. The van der Waals surface area contributed by atoms with Crippen molar-refractivity contribution in [2.24, 2.45) is 5.92 Å². The zero-order chi connectivity index (χ0) is 21.2. The molecule has 5 nitrogen and oxygen atoms in total. The van der Waals surface area contributed by atoms with Gasteiger partial charge in [0.2, 0.25) is 0 Å². The fourth-order valence-electron chi connectivity index (χ4n) is 4.14. The molecule has 2 saturated heterocycles. The second kappa shape index (κ2) is 9.10. The molecule has 0 saturated carbocycles. The number of hydrogen-bond donors (Lipinski definition) is 1. The van der Waals surface area contributed by atoms with Gasteiger partial charge >= 0.3 is 12.2 Å². The second-order valence-corrected chi connectivity index (χ2v) is 8.44. The Morgan fingerprint density at radius 2 is 1.83 bits per heavy atom. The Kier molecular flexibility index (Phi) is 6.96. The lowest BCUT2D eigenvalue weighted by molar-refractivity contribution is -0.137. The number of carbonyl (C=O) groups is 1. The summed E-state index contributed by atoms with van der Waals surface area (Å²) in [5, 5.41) is 2.17. The van der Waals surface area contributed by atoms with Crippen LogP contribution in [0.15, 0.2) is 18.2 Å². The molecule has 0 bridgehead atoms. The van der Waals surface area contributed by atoms with Crippen LogP contribution in [0.4, 0.5) is 23.7 Å². The molecule has 2 aliphatic rings. The number of anilines is 1. The number of morpholine rings is 1. The molecular formula is C20H27ClF3N3O2. The third kappa shape index (κ3) is 5.99. The highest BCUT2D eigenvalue weighted by Crippen LogP contribution is 2.36. The Morgan fingerprint density at radius 3 is 2.41 bits per heavy atom. The van der Waals surface area contributed by atoms with Gasteiger partial charge in [0.15, 0.2) is 0 Å². The number of hydrogen-bond acceptors (Lipinski definition) is 3. The van der Waals surface area contributed by atoms with E-state index in [4.69, 9.17) is 16.3 Å². The monoisotopic (exact) mass is 433 g/mol. The number of urea groups is 1. The first kappa shape index (κ1) is 22.2. The van der Waals surface area contributed by atoms with Gasteiger partial charge in [-0.15, -0.1) is 0 Å². The van der Waals surface area contributed by atoms with Crippen LogP contribution in [0.3, 0.4) is 0 Å². The van der Waals surface area contributed by atoms with Crippen LogP contribution in [0.25, 0.3) is 0 Å². The Balaban J connectivity index is 1.50. The number of amides is 2. The Hall–Kier alpha value is -1.51. The number of nitrogens with zero attached hydrogens (tertiary/aromatic N) is 2. The van der Waals surface area contributed by atoms with Crippen molar-refractivity contribution in [3.63, 3.8) is 0 Å². The minimum Gasteiger partial charge on any atom is -0.373 e. The fraction of sp³-hybridized carbons (Fsp3) is 0.650. The molecule has 1 N–H and O–H groups in total. The maximum atomic E-state index is 13.0. The van der Waals surface area contributed by atoms with Crippen molar-refractivity contribution >= 4 is 23.3 Å². The molecular weight excluding hydrogens is 407 g/mol. The largest absolute Gasteiger partial charge is 0.417 e. The third-order valence-electron chi connectivity index (χ3n) is 5.44. The minimum atomic E-state index is -4.56. The molecule has 0 radical (unpaired) electrons. The molecule has 1 aromatic carbocycles. The van der Waals surface area contributed by atoms with Gasteiger partial charge < -0.3 is 15.0 Å². The van der Waals surface area contributed by atoms with Crippen molar-refractivity contribution in [2.45, 2.75) is 45.1 Å². The average Bonchev–Trinajstić information content (AvgIpc) is 2.62. The summed E-state index contributed by atoms with van der Waals surface area (Å²) < 4.78 is 44.7. The SMILES string of the molecule is CC1CN(CC2CCN(C(=O)Nc3ccc(Cl)c(C(F)(F)F)c3)CC2)CC(C)O1. The maximum Gasteiger partial charge on any atom is 0.417 e. The van der Waals surface area contributed by atoms with Crippen molar-refractivity contribution in [1.82, 2.24) is 9.80 Å². The van der Waals surface area contributed by atoms with Gasteiger partial charge in [0.05, 0.1) is 22.8 Å². The van der Waals surface area contributed by atoms with E-state index in [-0.39, 0.29) is 28.9 Å². The minimum absolute atomic E-state index is 0.0881. The van der Waals surface area contributed by atoms with Crippen molar-refractivity contribution < 1.29 is 22.7 Å². The number of alkyl halides is 3. The number of carbonyl (C=O) groups excluding carboxylic acids is 1. The number of benzene rings is 1. The van der Waals surface area contributed by atoms with E-state index in [0.717, 1.165) is 44.6 Å². The van der Waals surface area contributed by atoms with Gasteiger partial charge in [-0.25, -0.2) is 4.79 Å². The lowest BCUT2D eigenvalue weighted by atomic mass is 9.96. The lowest BCUT2D eigenvalue weighted by Crippen LogP contribution is -2.49. The Bertz CT molecular complexity index is 713. The quantitative estimate of drug-likeness (QED) is 0.750. The van der Waals surface area contributed by atoms with Crippen LogP contribution < -0.4 is 5.32 Å². The first-order valence-corrected chi connectivity index (χ1v) is 10.3. The third-order valence-corrected chi connectivity index (χ3v) is 5.77. The summed E-state index contributed by atoms with van der Waals surface area (Å²) in [5.74, 6) is 0.504. The highest BCUT2D eigenvalue weighted by Gasteiger charge is 2.34. The zero-order valence-electron chi connectivity index (χ0n) is 16.6. The molecule has 2 aliphatic heterocycles. The van der Waals surface area contributed by atoms with Crippen LogP contribution in [-0.2, 0) is 10.9 Å². The van der Waals surface area contributed by atoms with Gasteiger partial charge in [0.25, 0.3) is 0 Å². The predicted molar refractivity (Wildman–Crippen MR) is 106 cm³/mol. The molecule has 2 unspecified atom stereocenters. The molecule has 2 amide bonds. The first-order chi connectivity index (χ1) is 13.6. The fourth-order valence-corrected chi connectivity index (χ4v) is 4.36. The van der Waals surface area contributed by atoms with Crippen LogP contribution in [0, 0.1) is 5.92 Å². The van der Waals surface area contributed by atoms with Gasteiger partial charge in [0.1, 0.15) is 0 Å². The number of ether oxygens (including phenoxy) is 1. The van der Waals surface area contributed by atoms with Gasteiger partial charge in [-0.1, -0.05) is 11.6 Å². The number of nitrogens with one attached hydrogen (secondary N) is 1. The van der Waals surface area contributed by atoms with Crippen LogP contribution in [0.1, 0.15) is 32.3 Å². The summed E-state index contributed by atoms with van der Waals surface area (Å²) in [6.45, 7) is 8.16. The van der Waals surface area contributed by atoms with E-state index in [9.17, 15) is 18.0 Å². The van der Waals surface area contributed by atoms with Crippen molar-refractivity contribution in [3.05, 3.63) is 28.8 Å². The number of piperidine rings is 1. The van der Waals surface area contributed by atoms with E-state index < -0.39 is 11.7 Å². The summed E-state index contributed by atoms with van der Waals surface area (Å²) >= 11 is 5.63. The smallest absolute Gasteiger partial charge is 0.373 e. The van der Waals surface area contributed by atoms with Crippen molar-refractivity contribution in [1.29, 1.82) is 0 Å². The average molecular weight is 434 g/mol. The molecule has 0 aromatic heterocycles. The van der Waals surface area contributed by atoms with E-state index in [1.807, 2.05) is 0 Å². The molecule has 1 aromatic rings. The molecule has 2 fully saturated rings. The molecule has 0 aliphatic carbocycles. The van der Waals surface area contributed by atoms with Gasteiger partial charge in [-0.3, -0.25) is 4.90 Å². The summed E-state index contributed by atoms with van der Waals surface area (Å²) in [6.07, 6.45) is -2.36. The van der Waals surface area contributed by atoms with E-state index in [1.165, 1.54) is 6.07 Å². The molecule has 162 valence electrons. The maximum absolute atomic E-state index is 13.0. The van der Waals surface area contributed by atoms with E-state index in [0.29, 0.717) is 19.0 Å². The molecule has 29 heavy (non-hydrogen) atoms. The van der Waals surface area contributed by atoms with Crippen LogP contribution >= 0.6 is 11.6 Å². The van der Waals surface area contributed by atoms with Gasteiger partial charge in [-0.05, 0) is 50.8 Å². The standard InChI is InChI=1S/C20H27ClF3N3O2/c1-13-10-26(11-14(2)29-13)12-15-5-7-27(8-6-15)19(28)25-16-3-4-18(21)17(9-16)20(22,23)24/h3-4,9,13-15H,5-8,10-12H2,1-2H3,(H,25,28).